The fourth-order valence-electron chi connectivity index (χ4n) is 3.19. The van der Waals surface area contributed by atoms with Gasteiger partial charge in [-0.25, -0.2) is 8.42 Å². The fourth-order valence-corrected chi connectivity index (χ4v) is 4.26. The van der Waals surface area contributed by atoms with Crippen LogP contribution in [-0.4, -0.2) is 21.4 Å². The Morgan fingerprint density at radius 1 is 1.12 bits per heavy atom. The fraction of sp³-hybridized carbons (Fsp3) is 0.316. The van der Waals surface area contributed by atoms with Gasteiger partial charge in [-0.15, -0.1) is 0 Å². The van der Waals surface area contributed by atoms with Crippen molar-refractivity contribution in [2.75, 3.05) is 16.7 Å². The molecule has 1 N–H and O–H groups in total. The van der Waals surface area contributed by atoms with Crippen molar-refractivity contribution in [2.24, 2.45) is 0 Å². The second-order valence-corrected chi connectivity index (χ2v) is 8.51. The highest BCUT2D eigenvalue weighted by Gasteiger charge is 2.42. The van der Waals surface area contributed by atoms with Gasteiger partial charge >= 0.3 is 0 Å². The largest absolute Gasteiger partial charge is 0.314 e. The molecule has 132 valence electrons. The summed E-state index contributed by atoms with van der Waals surface area (Å²) >= 11 is 0. The molecule has 25 heavy (non-hydrogen) atoms. The number of benzene rings is 2. The summed E-state index contributed by atoms with van der Waals surface area (Å²) in [5, 5.41) is 0. The highest BCUT2D eigenvalue weighted by Crippen LogP contribution is 2.41. The van der Waals surface area contributed by atoms with Crippen LogP contribution in [0.4, 0.5) is 11.4 Å². The first-order valence-electron chi connectivity index (χ1n) is 8.21. The molecule has 5 nitrogen and oxygen atoms in total. The molecule has 0 aliphatic carbocycles. The molecule has 2 aromatic rings. The van der Waals surface area contributed by atoms with Crippen LogP contribution < -0.4 is 9.62 Å². The highest BCUT2D eigenvalue weighted by atomic mass is 32.2. The van der Waals surface area contributed by atoms with Gasteiger partial charge in [0.1, 0.15) is 0 Å². The monoisotopic (exact) mass is 358 g/mol. The SMILES string of the molecule is CCc1cccc(NS(=O)(=O)c2ccc3c(c2)C(C)(C)C(=O)N3C)c1. The van der Waals surface area contributed by atoms with Crippen LogP contribution in [0.5, 0.6) is 0 Å². The summed E-state index contributed by atoms with van der Waals surface area (Å²) < 4.78 is 28.2. The average Bonchev–Trinajstić information content (AvgIpc) is 2.75. The summed E-state index contributed by atoms with van der Waals surface area (Å²) in [5.41, 5.74) is 2.33. The van der Waals surface area contributed by atoms with E-state index < -0.39 is 15.4 Å². The molecular weight excluding hydrogens is 336 g/mol. The van der Waals surface area contributed by atoms with Gasteiger partial charge < -0.3 is 4.90 Å². The molecule has 0 aromatic heterocycles. The van der Waals surface area contributed by atoms with Gasteiger partial charge in [0.15, 0.2) is 0 Å². The first-order valence-corrected chi connectivity index (χ1v) is 9.69. The normalized spacial score (nSPS) is 16.0. The Morgan fingerprint density at radius 2 is 1.84 bits per heavy atom. The third-order valence-electron chi connectivity index (χ3n) is 4.74. The first kappa shape index (κ1) is 17.5. The van der Waals surface area contributed by atoms with Crippen molar-refractivity contribution in [3.63, 3.8) is 0 Å². The summed E-state index contributed by atoms with van der Waals surface area (Å²) in [6.07, 6.45) is 0.830. The van der Waals surface area contributed by atoms with Crippen molar-refractivity contribution < 1.29 is 13.2 Å². The van der Waals surface area contributed by atoms with Crippen LogP contribution in [0.3, 0.4) is 0 Å². The first-order chi connectivity index (χ1) is 11.7. The lowest BCUT2D eigenvalue weighted by Gasteiger charge is -2.17. The van der Waals surface area contributed by atoms with E-state index in [1.165, 1.54) is 6.07 Å². The standard InChI is InChI=1S/C19H22N2O3S/c1-5-13-7-6-8-14(11-13)20-25(23,24)15-9-10-17-16(12-15)19(2,3)18(22)21(17)4/h6-12,20H,5H2,1-4H3. The summed E-state index contributed by atoms with van der Waals surface area (Å²) in [6, 6.07) is 12.2. The zero-order chi connectivity index (χ0) is 18.4. The molecule has 3 rings (SSSR count). The van der Waals surface area contributed by atoms with Crippen molar-refractivity contribution >= 4 is 27.3 Å². The molecule has 0 fully saturated rings. The van der Waals surface area contributed by atoms with Crippen LogP contribution >= 0.6 is 0 Å². The highest BCUT2D eigenvalue weighted by molar-refractivity contribution is 7.92. The molecular formula is C19H22N2O3S. The lowest BCUT2D eigenvalue weighted by atomic mass is 9.86. The van der Waals surface area contributed by atoms with E-state index in [9.17, 15) is 13.2 Å². The molecule has 0 atom stereocenters. The van der Waals surface area contributed by atoms with Gasteiger partial charge in [0.05, 0.1) is 10.3 Å². The number of amides is 1. The van der Waals surface area contributed by atoms with Gasteiger partial charge in [-0.1, -0.05) is 19.1 Å². The van der Waals surface area contributed by atoms with E-state index in [2.05, 4.69) is 4.72 Å². The number of sulfonamides is 1. The maximum atomic E-state index is 12.8. The second-order valence-electron chi connectivity index (χ2n) is 6.83. The van der Waals surface area contributed by atoms with Gasteiger partial charge in [-0.3, -0.25) is 9.52 Å². The minimum atomic E-state index is -3.72. The summed E-state index contributed by atoms with van der Waals surface area (Å²) in [7, 11) is -2.02. The van der Waals surface area contributed by atoms with E-state index in [1.54, 1.807) is 30.1 Å². The number of hydrogen-bond donors (Lipinski definition) is 1. The molecule has 1 aliphatic rings. The minimum absolute atomic E-state index is 0.0411. The molecule has 1 heterocycles. The molecule has 0 spiro atoms. The van der Waals surface area contributed by atoms with E-state index in [1.807, 2.05) is 39.0 Å². The van der Waals surface area contributed by atoms with Crippen molar-refractivity contribution in [3.8, 4) is 0 Å². The Bertz CT molecular complexity index is 949. The number of nitrogens with zero attached hydrogens (tertiary/aromatic N) is 1. The van der Waals surface area contributed by atoms with Crippen LogP contribution in [-0.2, 0) is 26.7 Å². The molecule has 1 aliphatic heterocycles. The third-order valence-corrected chi connectivity index (χ3v) is 6.12. The smallest absolute Gasteiger partial charge is 0.261 e. The van der Waals surface area contributed by atoms with E-state index in [-0.39, 0.29) is 10.8 Å². The predicted molar refractivity (Wildman–Crippen MR) is 99.5 cm³/mol. The van der Waals surface area contributed by atoms with Gasteiger partial charge in [0.25, 0.3) is 10.0 Å². The number of likely N-dealkylation sites (N-methyl/N-ethyl adjacent to an activating group) is 1. The molecule has 2 aromatic carbocycles. The van der Waals surface area contributed by atoms with Crippen molar-refractivity contribution in [1.82, 2.24) is 0 Å². The number of anilines is 2. The molecule has 0 saturated carbocycles. The number of carbonyl (C=O) groups is 1. The topological polar surface area (TPSA) is 66.5 Å². The van der Waals surface area contributed by atoms with E-state index in [0.717, 1.165) is 23.2 Å². The second kappa shape index (κ2) is 5.88. The van der Waals surface area contributed by atoms with E-state index >= 15 is 0 Å². The lowest BCUT2D eigenvalue weighted by Crippen LogP contribution is -2.33. The molecule has 0 bridgehead atoms. The van der Waals surface area contributed by atoms with Gasteiger partial charge in [0.2, 0.25) is 5.91 Å². The third kappa shape index (κ3) is 2.91. The van der Waals surface area contributed by atoms with Crippen molar-refractivity contribution in [1.29, 1.82) is 0 Å². The van der Waals surface area contributed by atoms with Crippen LogP contribution in [0.25, 0.3) is 0 Å². The molecule has 0 unspecified atom stereocenters. The van der Waals surface area contributed by atoms with E-state index in [0.29, 0.717) is 5.69 Å². The zero-order valence-electron chi connectivity index (χ0n) is 14.8. The molecule has 6 heteroatoms. The van der Waals surface area contributed by atoms with Gasteiger partial charge in [-0.05, 0) is 61.7 Å². The molecule has 0 saturated heterocycles. The Balaban J connectivity index is 1.99. The Hall–Kier alpha value is -2.34. The van der Waals surface area contributed by atoms with Crippen molar-refractivity contribution in [3.05, 3.63) is 53.6 Å². The average molecular weight is 358 g/mol. The van der Waals surface area contributed by atoms with E-state index in [4.69, 9.17) is 0 Å². The van der Waals surface area contributed by atoms with Gasteiger partial charge in [-0.2, -0.15) is 0 Å². The number of carbonyl (C=O) groups excluding carboxylic acids is 1. The van der Waals surface area contributed by atoms with Crippen LogP contribution in [0.1, 0.15) is 31.9 Å². The Labute approximate surface area is 148 Å². The number of fused-ring (bicyclic) bond motifs is 1. The summed E-state index contributed by atoms with van der Waals surface area (Å²) in [4.78, 5) is 14.1. The minimum Gasteiger partial charge on any atom is -0.314 e. The maximum Gasteiger partial charge on any atom is 0.261 e. The zero-order valence-corrected chi connectivity index (χ0v) is 15.6. The van der Waals surface area contributed by atoms with Crippen LogP contribution in [0.2, 0.25) is 0 Å². The van der Waals surface area contributed by atoms with Gasteiger partial charge in [0, 0.05) is 18.4 Å². The maximum absolute atomic E-state index is 12.8. The number of nitrogens with one attached hydrogen (secondary N) is 1. The van der Waals surface area contributed by atoms with Crippen molar-refractivity contribution in [2.45, 2.75) is 37.5 Å². The number of hydrogen-bond acceptors (Lipinski definition) is 3. The number of rotatable bonds is 4. The van der Waals surface area contributed by atoms with Crippen LogP contribution in [0, 0.1) is 0 Å². The number of aryl methyl sites for hydroxylation is 1. The molecule has 0 radical (unpaired) electrons. The summed E-state index contributed by atoms with van der Waals surface area (Å²) in [6.45, 7) is 5.64. The Morgan fingerprint density at radius 3 is 2.52 bits per heavy atom. The quantitative estimate of drug-likeness (QED) is 0.912. The predicted octanol–water partition coefficient (Wildman–Crippen LogP) is 3.30. The molecule has 1 amide bonds. The Kier molecular flexibility index (Phi) is 4.11. The lowest BCUT2D eigenvalue weighted by molar-refractivity contribution is -0.121. The summed E-state index contributed by atoms with van der Waals surface area (Å²) in [5.74, 6) is -0.0411. The van der Waals surface area contributed by atoms with Crippen LogP contribution in [0.15, 0.2) is 47.4 Å².